The molecule has 0 radical (unpaired) electrons. The molecular formula is C12H13BrO3. The van der Waals surface area contributed by atoms with Crippen LogP contribution in [0.25, 0.3) is 0 Å². The number of carbonyl (C=O) groups excluding carboxylic acids is 1. The molecule has 1 fully saturated rings. The molecule has 1 atom stereocenters. The van der Waals surface area contributed by atoms with Gasteiger partial charge in [0.1, 0.15) is 6.29 Å². The summed E-state index contributed by atoms with van der Waals surface area (Å²) >= 11 is 3.39. The van der Waals surface area contributed by atoms with Crippen molar-refractivity contribution in [2.45, 2.75) is 18.6 Å². The fourth-order valence-electron chi connectivity index (χ4n) is 1.83. The highest BCUT2D eigenvalue weighted by Gasteiger charge is 2.27. The molecule has 0 bridgehead atoms. The maximum Gasteiger partial charge on any atom is 0.164 e. The van der Waals surface area contributed by atoms with Crippen molar-refractivity contribution in [3.63, 3.8) is 0 Å². The molecule has 16 heavy (non-hydrogen) atoms. The Balaban J connectivity index is 2.17. The van der Waals surface area contributed by atoms with Gasteiger partial charge in [-0.3, -0.25) is 0 Å². The van der Waals surface area contributed by atoms with Crippen molar-refractivity contribution in [2.75, 3.05) is 13.2 Å². The summed E-state index contributed by atoms with van der Waals surface area (Å²) in [4.78, 5) is 10.7. The molecule has 1 aromatic carbocycles. The van der Waals surface area contributed by atoms with E-state index < -0.39 is 0 Å². The van der Waals surface area contributed by atoms with Gasteiger partial charge in [-0.2, -0.15) is 0 Å². The summed E-state index contributed by atoms with van der Waals surface area (Å²) in [5, 5.41) is 0. The van der Waals surface area contributed by atoms with E-state index in [1.165, 1.54) is 0 Å². The van der Waals surface area contributed by atoms with Crippen LogP contribution in [0.5, 0.6) is 0 Å². The summed E-state index contributed by atoms with van der Waals surface area (Å²) in [6.07, 6.45) is 1.05. The maximum atomic E-state index is 10.7. The number of carbonyl (C=O) groups is 1. The lowest BCUT2D eigenvalue weighted by Crippen LogP contribution is -2.20. The Morgan fingerprint density at radius 2 is 1.94 bits per heavy atom. The molecule has 2 rings (SSSR count). The Bertz CT molecular complexity index is 344. The predicted octanol–water partition coefficient (Wildman–Crippen LogP) is 2.49. The maximum absolute atomic E-state index is 10.7. The van der Waals surface area contributed by atoms with Gasteiger partial charge in [-0.25, -0.2) is 0 Å². The van der Waals surface area contributed by atoms with Crippen molar-refractivity contribution in [3.05, 3.63) is 34.3 Å². The largest absolute Gasteiger partial charge is 0.350 e. The van der Waals surface area contributed by atoms with Crippen LogP contribution in [0.15, 0.2) is 28.7 Å². The van der Waals surface area contributed by atoms with Crippen LogP contribution >= 0.6 is 15.9 Å². The van der Waals surface area contributed by atoms with Gasteiger partial charge in [-0.05, 0) is 17.7 Å². The first-order chi connectivity index (χ1) is 7.81. The number of aldehydes is 1. The Labute approximate surface area is 103 Å². The molecule has 0 amide bonds. The van der Waals surface area contributed by atoms with Crippen molar-refractivity contribution < 1.29 is 14.3 Å². The van der Waals surface area contributed by atoms with Gasteiger partial charge in [0.25, 0.3) is 0 Å². The summed E-state index contributed by atoms with van der Waals surface area (Å²) < 4.78 is 11.9. The lowest BCUT2D eigenvalue weighted by Gasteiger charge is -2.20. The van der Waals surface area contributed by atoms with Gasteiger partial charge < -0.3 is 14.3 Å². The van der Waals surface area contributed by atoms with E-state index in [1.54, 1.807) is 0 Å². The van der Waals surface area contributed by atoms with Crippen LogP contribution in [0.4, 0.5) is 0 Å². The van der Waals surface area contributed by atoms with E-state index in [-0.39, 0.29) is 12.2 Å². The minimum Gasteiger partial charge on any atom is -0.350 e. The molecule has 0 saturated carbocycles. The van der Waals surface area contributed by atoms with E-state index >= 15 is 0 Å². The number of hydrogen-bond donors (Lipinski definition) is 0. The Morgan fingerprint density at radius 3 is 2.50 bits per heavy atom. The van der Waals surface area contributed by atoms with Crippen molar-refractivity contribution in [3.8, 4) is 0 Å². The van der Waals surface area contributed by atoms with Crippen LogP contribution in [-0.2, 0) is 14.3 Å². The second-order valence-electron chi connectivity index (χ2n) is 3.67. The van der Waals surface area contributed by atoms with E-state index in [2.05, 4.69) is 15.9 Å². The molecule has 3 nitrogen and oxygen atoms in total. The highest BCUT2D eigenvalue weighted by atomic mass is 79.9. The smallest absolute Gasteiger partial charge is 0.164 e. The predicted molar refractivity (Wildman–Crippen MR) is 63.3 cm³/mol. The van der Waals surface area contributed by atoms with Gasteiger partial charge in [0, 0.05) is 16.8 Å². The van der Waals surface area contributed by atoms with Gasteiger partial charge >= 0.3 is 0 Å². The first kappa shape index (κ1) is 11.8. The number of hydrogen-bond acceptors (Lipinski definition) is 3. The molecule has 1 saturated heterocycles. The van der Waals surface area contributed by atoms with Gasteiger partial charge in [0.15, 0.2) is 6.29 Å². The SMILES string of the molecule is O=CCC(c1ccc(Br)cc1)C1OCCO1. The normalized spacial score (nSPS) is 18.6. The number of benzene rings is 1. The summed E-state index contributed by atoms with van der Waals surface area (Å²) in [6.45, 7) is 1.22. The Kier molecular flexibility index (Phi) is 4.09. The standard InChI is InChI=1S/C12H13BrO3/c13-10-3-1-9(2-4-10)11(5-6-14)12-15-7-8-16-12/h1-4,6,11-12H,5,7-8H2. The molecule has 86 valence electrons. The average Bonchev–Trinajstić information content (AvgIpc) is 2.81. The Morgan fingerprint density at radius 1 is 1.31 bits per heavy atom. The molecule has 0 aliphatic carbocycles. The summed E-state index contributed by atoms with van der Waals surface area (Å²) in [6, 6.07) is 7.90. The zero-order valence-electron chi connectivity index (χ0n) is 8.77. The average molecular weight is 285 g/mol. The lowest BCUT2D eigenvalue weighted by molar-refractivity contribution is -0.111. The molecule has 1 heterocycles. The molecule has 1 aliphatic heterocycles. The first-order valence-electron chi connectivity index (χ1n) is 5.23. The van der Waals surface area contributed by atoms with E-state index in [9.17, 15) is 4.79 Å². The van der Waals surface area contributed by atoms with Crippen LogP contribution in [0.3, 0.4) is 0 Å². The zero-order valence-corrected chi connectivity index (χ0v) is 10.4. The third kappa shape index (κ3) is 2.70. The van der Waals surface area contributed by atoms with E-state index in [0.717, 1.165) is 16.3 Å². The van der Waals surface area contributed by atoms with Crippen LogP contribution in [0.2, 0.25) is 0 Å². The monoisotopic (exact) mass is 284 g/mol. The van der Waals surface area contributed by atoms with Gasteiger partial charge in [0.2, 0.25) is 0 Å². The molecule has 1 aromatic rings. The topological polar surface area (TPSA) is 35.5 Å². The molecule has 4 heteroatoms. The van der Waals surface area contributed by atoms with E-state index in [0.29, 0.717) is 19.6 Å². The number of halogens is 1. The lowest BCUT2D eigenvalue weighted by atomic mass is 9.96. The summed E-state index contributed by atoms with van der Waals surface area (Å²) in [7, 11) is 0. The van der Waals surface area contributed by atoms with Gasteiger partial charge in [-0.1, -0.05) is 28.1 Å². The van der Waals surface area contributed by atoms with Gasteiger partial charge in [-0.15, -0.1) is 0 Å². The van der Waals surface area contributed by atoms with Crippen LogP contribution in [-0.4, -0.2) is 25.8 Å². The second kappa shape index (κ2) is 5.57. The number of rotatable bonds is 4. The van der Waals surface area contributed by atoms with Crippen molar-refractivity contribution in [2.24, 2.45) is 0 Å². The molecule has 1 aliphatic rings. The third-order valence-electron chi connectivity index (χ3n) is 2.62. The van der Waals surface area contributed by atoms with Crippen molar-refractivity contribution in [1.82, 2.24) is 0 Å². The molecule has 0 spiro atoms. The highest BCUT2D eigenvalue weighted by molar-refractivity contribution is 9.10. The number of ether oxygens (including phenoxy) is 2. The van der Waals surface area contributed by atoms with Crippen LogP contribution in [0.1, 0.15) is 17.9 Å². The quantitative estimate of drug-likeness (QED) is 0.797. The van der Waals surface area contributed by atoms with Crippen molar-refractivity contribution >= 4 is 22.2 Å². The van der Waals surface area contributed by atoms with Crippen LogP contribution in [0, 0.1) is 0 Å². The summed E-state index contributed by atoms with van der Waals surface area (Å²) in [5.74, 6) is -0.00639. The Hall–Kier alpha value is -0.710. The fourth-order valence-corrected chi connectivity index (χ4v) is 2.09. The summed E-state index contributed by atoms with van der Waals surface area (Å²) in [5.41, 5.74) is 1.07. The van der Waals surface area contributed by atoms with Crippen molar-refractivity contribution in [1.29, 1.82) is 0 Å². The fraction of sp³-hybridized carbons (Fsp3) is 0.417. The van der Waals surface area contributed by atoms with Gasteiger partial charge in [0.05, 0.1) is 13.2 Å². The highest BCUT2D eigenvalue weighted by Crippen LogP contribution is 2.28. The minimum atomic E-state index is -0.286. The molecule has 0 aromatic heterocycles. The second-order valence-corrected chi connectivity index (χ2v) is 4.59. The molecule has 1 unspecified atom stereocenters. The zero-order chi connectivity index (χ0) is 11.4. The first-order valence-corrected chi connectivity index (χ1v) is 6.03. The molecular weight excluding hydrogens is 272 g/mol. The van der Waals surface area contributed by atoms with Crippen LogP contribution < -0.4 is 0 Å². The van der Waals surface area contributed by atoms with E-state index in [1.807, 2.05) is 24.3 Å². The molecule has 0 N–H and O–H groups in total. The minimum absolute atomic E-state index is 0.00639. The van der Waals surface area contributed by atoms with E-state index in [4.69, 9.17) is 9.47 Å². The third-order valence-corrected chi connectivity index (χ3v) is 3.15.